The summed E-state index contributed by atoms with van der Waals surface area (Å²) in [6, 6.07) is 6.14. The van der Waals surface area contributed by atoms with Gasteiger partial charge in [-0.25, -0.2) is 4.79 Å². The van der Waals surface area contributed by atoms with Gasteiger partial charge in [-0.1, -0.05) is 6.07 Å². The van der Waals surface area contributed by atoms with Gasteiger partial charge in [0.05, 0.1) is 12.6 Å². The number of rotatable bonds is 5. The molecule has 0 atom stereocenters. The molecular formula is C15H20N2O2. The maximum absolute atomic E-state index is 10.7. The Bertz CT molecular complexity index is 501. The van der Waals surface area contributed by atoms with Crippen LogP contribution in [0.2, 0.25) is 0 Å². The summed E-state index contributed by atoms with van der Waals surface area (Å²) in [5.41, 5.74) is 1.88. The van der Waals surface area contributed by atoms with E-state index in [0.29, 0.717) is 0 Å². The van der Waals surface area contributed by atoms with E-state index in [1.165, 1.54) is 5.56 Å². The first-order valence-electron chi connectivity index (χ1n) is 6.52. The van der Waals surface area contributed by atoms with Crippen LogP contribution in [0.25, 0.3) is 0 Å². The molecule has 1 aromatic rings. The highest BCUT2D eigenvalue weighted by atomic mass is 16.5. The number of aliphatic imine (C=N–C) groups is 1. The molecule has 0 radical (unpaired) electrons. The van der Waals surface area contributed by atoms with E-state index in [1.807, 2.05) is 26.2 Å². The predicted octanol–water partition coefficient (Wildman–Crippen LogP) is 2.47. The van der Waals surface area contributed by atoms with Crippen molar-refractivity contribution >= 4 is 6.08 Å². The molecule has 0 spiro atoms. The zero-order chi connectivity index (χ0) is 13.9. The Balaban J connectivity index is 2.41. The van der Waals surface area contributed by atoms with Crippen LogP contribution >= 0.6 is 0 Å². The molecule has 0 heterocycles. The minimum absolute atomic E-state index is 0.364. The molecule has 2 rings (SSSR count). The van der Waals surface area contributed by atoms with Crippen molar-refractivity contribution in [2.45, 2.75) is 31.3 Å². The van der Waals surface area contributed by atoms with Crippen LogP contribution in [0.3, 0.4) is 0 Å². The van der Waals surface area contributed by atoms with Gasteiger partial charge in [-0.3, -0.25) is 0 Å². The topological polar surface area (TPSA) is 41.9 Å². The molecule has 0 unspecified atom stereocenters. The van der Waals surface area contributed by atoms with E-state index in [1.54, 1.807) is 13.2 Å². The SMILES string of the molecule is COc1cc(CN(C)C)cc(C2(N=C=O)CCC2)c1. The van der Waals surface area contributed by atoms with Gasteiger partial charge in [-0.05, 0) is 56.6 Å². The molecule has 4 heteroatoms. The van der Waals surface area contributed by atoms with Crippen LogP contribution in [0.1, 0.15) is 30.4 Å². The minimum atomic E-state index is -0.364. The van der Waals surface area contributed by atoms with Crippen molar-refractivity contribution in [1.29, 1.82) is 0 Å². The monoisotopic (exact) mass is 260 g/mol. The van der Waals surface area contributed by atoms with Crippen LogP contribution in [0.5, 0.6) is 5.75 Å². The van der Waals surface area contributed by atoms with E-state index in [9.17, 15) is 4.79 Å². The van der Waals surface area contributed by atoms with Gasteiger partial charge in [0.25, 0.3) is 0 Å². The average Bonchev–Trinajstić information content (AvgIpc) is 2.32. The summed E-state index contributed by atoms with van der Waals surface area (Å²) in [6.07, 6.45) is 4.66. The summed E-state index contributed by atoms with van der Waals surface area (Å²) in [6.45, 7) is 0.838. The lowest BCUT2D eigenvalue weighted by Gasteiger charge is -2.37. The molecule has 1 aromatic carbocycles. The van der Waals surface area contributed by atoms with Crippen molar-refractivity contribution in [1.82, 2.24) is 4.90 Å². The largest absolute Gasteiger partial charge is 0.497 e. The van der Waals surface area contributed by atoms with Gasteiger partial charge in [0.1, 0.15) is 5.75 Å². The van der Waals surface area contributed by atoms with Gasteiger partial charge in [0.2, 0.25) is 6.08 Å². The smallest absolute Gasteiger partial charge is 0.235 e. The van der Waals surface area contributed by atoms with Gasteiger partial charge in [0.15, 0.2) is 0 Å². The molecule has 0 bridgehead atoms. The van der Waals surface area contributed by atoms with Crippen LogP contribution in [-0.4, -0.2) is 32.2 Å². The number of carbonyl (C=O) groups excluding carboxylic acids is 1. The van der Waals surface area contributed by atoms with Crippen molar-refractivity contribution in [3.05, 3.63) is 29.3 Å². The maximum Gasteiger partial charge on any atom is 0.235 e. The third-order valence-electron chi connectivity index (χ3n) is 3.68. The van der Waals surface area contributed by atoms with Crippen LogP contribution in [0.4, 0.5) is 0 Å². The van der Waals surface area contributed by atoms with E-state index >= 15 is 0 Å². The second-order valence-electron chi connectivity index (χ2n) is 5.40. The van der Waals surface area contributed by atoms with E-state index < -0.39 is 0 Å². The first kappa shape index (κ1) is 13.8. The maximum atomic E-state index is 10.7. The summed E-state index contributed by atoms with van der Waals surface area (Å²) in [4.78, 5) is 16.8. The Morgan fingerprint density at radius 3 is 2.58 bits per heavy atom. The lowest BCUT2D eigenvalue weighted by Crippen LogP contribution is -2.32. The van der Waals surface area contributed by atoms with E-state index in [2.05, 4.69) is 16.0 Å². The molecule has 4 nitrogen and oxygen atoms in total. The number of isocyanates is 1. The fourth-order valence-electron chi connectivity index (χ4n) is 2.57. The number of benzene rings is 1. The Kier molecular flexibility index (Phi) is 4.03. The molecule has 0 aromatic heterocycles. The molecule has 0 saturated heterocycles. The number of ether oxygens (including phenoxy) is 1. The highest BCUT2D eigenvalue weighted by Gasteiger charge is 2.39. The summed E-state index contributed by atoms with van der Waals surface area (Å²) in [7, 11) is 5.72. The zero-order valence-electron chi connectivity index (χ0n) is 11.8. The van der Waals surface area contributed by atoms with Gasteiger partial charge < -0.3 is 9.64 Å². The van der Waals surface area contributed by atoms with Crippen LogP contribution in [0, 0.1) is 0 Å². The van der Waals surface area contributed by atoms with Crippen molar-refractivity contribution in [2.75, 3.05) is 21.2 Å². The average molecular weight is 260 g/mol. The molecule has 1 saturated carbocycles. The van der Waals surface area contributed by atoms with Gasteiger partial charge in [0, 0.05) is 6.54 Å². The lowest BCUT2D eigenvalue weighted by atomic mass is 9.72. The first-order chi connectivity index (χ1) is 9.09. The van der Waals surface area contributed by atoms with E-state index in [-0.39, 0.29) is 5.54 Å². The number of methoxy groups -OCH3 is 1. The summed E-state index contributed by atoms with van der Waals surface area (Å²) in [5.74, 6) is 0.821. The normalized spacial score (nSPS) is 16.6. The lowest BCUT2D eigenvalue weighted by molar-refractivity contribution is 0.254. The standard InChI is InChI=1S/C15H20N2O2/c1-17(2)10-12-7-13(9-14(8-12)19-3)15(16-11-18)5-4-6-15/h7-9H,4-6,10H2,1-3H3. The van der Waals surface area contributed by atoms with Crippen molar-refractivity contribution in [3.8, 4) is 5.75 Å². The molecule has 1 fully saturated rings. The number of hydrogen-bond acceptors (Lipinski definition) is 4. The number of nitrogens with zero attached hydrogens (tertiary/aromatic N) is 2. The summed E-state index contributed by atoms with van der Waals surface area (Å²) >= 11 is 0. The molecule has 1 aliphatic rings. The molecule has 102 valence electrons. The third kappa shape index (κ3) is 2.86. The predicted molar refractivity (Wildman–Crippen MR) is 74.0 cm³/mol. The molecule has 19 heavy (non-hydrogen) atoms. The third-order valence-corrected chi connectivity index (χ3v) is 3.68. The second kappa shape index (κ2) is 5.55. The quantitative estimate of drug-likeness (QED) is 0.603. The highest BCUT2D eigenvalue weighted by Crippen LogP contribution is 2.45. The number of hydrogen-bond donors (Lipinski definition) is 0. The van der Waals surface area contributed by atoms with Crippen LogP contribution in [-0.2, 0) is 16.9 Å². The van der Waals surface area contributed by atoms with Crippen molar-refractivity contribution in [3.63, 3.8) is 0 Å². The second-order valence-corrected chi connectivity index (χ2v) is 5.40. The molecule has 1 aliphatic carbocycles. The first-order valence-corrected chi connectivity index (χ1v) is 6.52. The summed E-state index contributed by atoms with van der Waals surface area (Å²) in [5, 5.41) is 0. The van der Waals surface area contributed by atoms with Gasteiger partial charge >= 0.3 is 0 Å². The van der Waals surface area contributed by atoms with Crippen LogP contribution < -0.4 is 4.74 Å². The molecule has 0 N–H and O–H groups in total. The van der Waals surface area contributed by atoms with Gasteiger partial charge in [-0.2, -0.15) is 4.99 Å². The zero-order valence-corrected chi connectivity index (χ0v) is 11.8. The van der Waals surface area contributed by atoms with E-state index in [0.717, 1.165) is 37.1 Å². The Morgan fingerprint density at radius 2 is 2.11 bits per heavy atom. The van der Waals surface area contributed by atoms with E-state index in [4.69, 9.17) is 4.74 Å². The van der Waals surface area contributed by atoms with Gasteiger partial charge in [-0.15, -0.1) is 0 Å². The summed E-state index contributed by atoms with van der Waals surface area (Å²) < 4.78 is 5.36. The highest BCUT2D eigenvalue weighted by molar-refractivity contribution is 5.43. The fourth-order valence-corrected chi connectivity index (χ4v) is 2.57. The van der Waals surface area contributed by atoms with Crippen LogP contribution in [0.15, 0.2) is 23.2 Å². The van der Waals surface area contributed by atoms with Crippen molar-refractivity contribution in [2.24, 2.45) is 4.99 Å². The van der Waals surface area contributed by atoms with Crippen molar-refractivity contribution < 1.29 is 9.53 Å². The molecule has 0 amide bonds. The minimum Gasteiger partial charge on any atom is -0.497 e. The Labute approximate surface area is 114 Å². The Hall–Kier alpha value is -1.64. The fraction of sp³-hybridized carbons (Fsp3) is 0.533. The molecular weight excluding hydrogens is 240 g/mol. The Morgan fingerprint density at radius 1 is 1.37 bits per heavy atom. The molecule has 0 aliphatic heterocycles.